The number of piperidine rings is 1. The Kier molecular flexibility index (Phi) is 5.87. The van der Waals surface area contributed by atoms with Gasteiger partial charge in [-0.3, -0.25) is 14.5 Å². The summed E-state index contributed by atoms with van der Waals surface area (Å²) in [6.45, 7) is 4.85. The van der Waals surface area contributed by atoms with Crippen molar-refractivity contribution in [3.8, 4) is 0 Å². The van der Waals surface area contributed by atoms with E-state index >= 15 is 0 Å². The van der Waals surface area contributed by atoms with Crippen molar-refractivity contribution in [3.63, 3.8) is 0 Å². The molecule has 1 N–H and O–H groups in total. The maximum atomic E-state index is 12.6. The van der Waals surface area contributed by atoms with Crippen LogP contribution in [0.25, 0.3) is 0 Å². The summed E-state index contributed by atoms with van der Waals surface area (Å²) in [6.07, 6.45) is 3.45. The number of nitrogens with zero attached hydrogens (tertiary/aromatic N) is 2. The molecule has 2 fully saturated rings. The highest BCUT2D eigenvalue weighted by atomic mass is 16.5. The third-order valence-electron chi connectivity index (χ3n) is 4.58. The van der Waals surface area contributed by atoms with E-state index in [9.17, 15) is 9.59 Å². The minimum Gasteiger partial charge on any atom is -0.467 e. The number of furan rings is 1. The Labute approximate surface area is 141 Å². The number of ether oxygens (including phenoxy) is 1. The Bertz CT molecular complexity index is 540. The molecule has 7 heteroatoms. The predicted octanol–water partition coefficient (Wildman–Crippen LogP) is 0.467. The monoisotopic (exact) mass is 335 g/mol. The Balaban J connectivity index is 1.44. The SMILES string of the molecule is O=C(CN1CCC[C@H](C(=O)N2CCOCC2)C1)NCc1ccco1. The van der Waals surface area contributed by atoms with Crippen LogP contribution in [0.5, 0.6) is 0 Å². The quantitative estimate of drug-likeness (QED) is 0.846. The molecule has 3 rings (SSSR count). The van der Waals surface area contributed by atoms with Gasteiger partial charge in [-0.1, -0.05) is 0 Å². The van der Waals surface area contributed by atoms with Crippen LogP contribution >= 0.6 is 0 Å². The van der Waals surface area contributed by atoms with Crippen LogP contribution in [0.2, 0.25) is 0 Å². The Morgan fingerprint density at radius 1 is 1.25 bits per heavy atom. The first-order chi connectivity index (χ1) is 11.7. The summed E-state index contributed by atoms with van der Waals surface area (Å²) in [5.41, 5.74) is 0. The summed E-state index contributed by atoms with van der Waals surface area (Å²) in [4.78, 5) is 28.6. The van der Waals surface area contributed by atoms with Crippen molar-refractivity contribution in [3.05, 3.63) is 24.2 Å². The lowest BCUT2D eigenvalue weighted by atomic mass is 9.96. The summed E-state index contributed by atoms with van der Waals surface area (Å²) in [5.74, 6) is 0.905. The number of carbonyl (C=O) groups is 2. The van der Waals surface area contributed by atoms with E-state index in [1.54, 1.807) is 12.3 Å². The molecule has 24 heavy (non-hydrogen) atoms. The number of nitrogens with one attached hydrogen (secondary N) is 1. The van der Waals surface area contributed by atoms with Crippen LogP contribution in [0.1, 0.15) is 18.6 Å². The highest BCUT2D eigenvalue weighted by molar-refractivity contribution is 5.80. The molecule has 0 radical (unpaired) electrons. The van der Waals surface area contributed by atoms with Crippen molar-refractivity contribution in [2.24, 2.45) is 5.92 Å². The van der Waals surface area contributed by atoms with Gasteiger partial charge in [0.15, 0.2) is 0 Å². The second kappa shape index (κ2) is 8.30. The van der Waals surface area contributed by atoms with E-state index in [0.717, 1.165) is 25.1 Å². The average molecular weight is 335 g/mol. The molecule has 2 aliphatic heterocycles. The number of carbonyl (C=O) groups excluding carboxylic acids is 2. The Morgan fingerprint density at radius 3 is 2.83 bits per heavy atom. The molecule has 1 aromatic rings. The van der Waals surface area contributed by atoms with Crippen LogP contribution in [0.15, 0.2) is 22.8 Å². The molecule has 3 heterocycles. The normalized spacial score (nSPS) is 22.3. The van der Waals surface area contributed by atoms with Gasteiger partial charge in [0.05, 0.1) is 38.5 Å². The largest absolute Gasteiger partial charge is 0.467 e. The van der Waals surface area contributed by atoms with Gasteiger partial charge in [0.25, 0.3) is 0 Å². The molecule has 132 valence electrons. The fraction of sp³-hybridized carbons (Fsp3) is 0.647. The molecule has 0 aliphatic carbocycles. The van der Waals surface area contributed by atoms with Crippen LogP contribution in [-0.2, 0) is 20.9 Å². The third kappa shape index (κ3) is 4.58. The zero-order chi connectivity index (χ0) is 16.8. The maximum Gasteiger partial charge on any atom is 0.234 e. The first-order valence-corrected chi connectivity index (χ1v) is 8.60. The fourth-order valence-electron chi connectivity index (χ4n) is 3.30. The molecule has 1 aromatic heterocycles. The van der Waals surface area contributed by atoms with Crippen LogP contribution in [0.4, 0.5) is 0 Å². The van der Waals surface area contributed by atoms with E-state index in [1.165, 1.54) is 0 Å². The highest BCUT2D eigenvalue weighted by Crippen LogP contribution is 2.19. The van der Waals surface area contributed by atoms with E-state index in [0.29, 0.717) is 45.9 Å². The number of likely N-dealkylation sites (tertiary alicyclic amines) is 1. The molecule has 0 spiro atoms. The number of morpholine rings is 1. The van der Waals surface area contributed by atoms with Crippen molar-refractivity contribution >= 4 is 11.8 Å². The molecule has 7 nitrogen and oxygen atoms in total. The fourth-order valence-corrected chi connectivity index (χ4v) is 3.30. The number of amides is 2. The van der Waals surface area contributed by atoms with E-state index in [2.05, 4.69) is 10.2 Å². The van der Waals surface area contributed by atoms with Gasteiger partial charge in [0.2, 0.25) is 11.8 Å². The van der Waals surface area contributed by atoms with Crippen LogP contribution in [0.3, 0.4) is 0 Å². The van der Waals surface area contributed by atoms with E-state index in [-0.39, 0.29) is 17.7 Å². The molecule has 0 saturated carbocycles. The zero-order valence-corrected chi connectivity index (χ0v) is 13.9. The zero-order valence-electron chi connectivity index (χ0n) is 13.9. The van der Waals surface area contributed by atoms with Gasteiger partial charge in [0.1, 0.15) is 5.76 Å². The molecule has 2 aliphatic rings. The molecular weight excluding hydrogens is 310 g/mol. The van der Waals surface area contributed by atoms with Gasteiger partial charge < -0.3 is 19.4 Å². The third-order valence-corrected chi connectivity index (χ3v) is 4.58. The number of rotatable bonds is 5. The highest BCUT2D eigenvalue weighted by Gasteiger charge is 2.30. The number of hydrogen-bond acceptors (Lipinski definition) is 5. The average Bonchev–Trinajstić information content (AvgIpc) is 3.14. The summed E-state index contributed by atoms with van der Waals surface area (Å²) in [5, 5.41) is 2.85. The Morgan fingerprint density at radius 2 is 2.08 bits per heavy atom. The second-order valence-corrected chi connectivity index (χ2v) is 6.37. The van der Waals surface area contributed by atoms with Crippen molar-refractivity contribution in [1.29, 1.82) is 0 Å². The molecule has 0 unspecified atom stereocenters. The molecular formula is C17H25N3O4. The lowest BCUT2D eigenvalue weighted by Crippen LogP contribution is -2.49. The summed E-state index contributed by atoms with van der Waals surface area (Å²) in [6, 6.07) is 3.63. The van der Waals surface area contributed by atoms with Gasteiger partial charge in [-0.25, -0.2) is 0 Å². The van der Waals surface area contributed by atoms with Gasteiger partial charge in [-0.2, -0.15) is 0 Å². The summed E-state index contributed by atoms with van der Waals surface area (Å²) < 4.78 is 10.5. The Hall–Kier alpha value is -1.86. The van der Waals surface area contributed by atoms with Crippen LogP contribution in [0, 0.1) is 5.92 Å². The smallest absolute Gasteiger partial charge is 0.234 e. The van der Waals surface area contributed by atoms with Crippen molar-refractivity contribution < 1.29 is 18.7 Å². The topological polar surface area (TPSA) is 75.0 Å². The summed E-state index contributed by atoms with van der Waals surface area (Å²) in [7, 11) is 0. The molecule has 0 bridgehead atoms. The molecule has 2 saturated heterocycles. The van der Waals surface area contributed by atoms with Gasteiger partial charge in [0, 0.05) is 19.6 Å². The lowest BCUT2D eigenvalue weighted by molar-refractivity contribution is -0.142. The molecule has 2 amide bonds. The predicted molar refractivity (Wildman–Crippen MR) is 87.1 cm³/mol. The van der Waals surface area contributed by atoms with Gasteiger partial charge in [-0.15, -0.1) is 0 Å². The first-order valence-electron chi connectivity index (χ1n) is 8.60. The number of hydrogen-bond donors (Lipinski definition) is 1. The van der Waals surface area contributed by atoms with Crippen molar-refractivity contribution in [1.82, 2.24) is 15.1 Å². The second-order valence-electron chi connectivity index (χ2n) is 6.37. The minimum atomic E-state index is -0.0362. The first kappa shape index (κ1) is 17.0. The van der Waals surface area contributed by atoms with Crippen molar-refractivity contribution in [2.75, 3.05) is 45.9 Å². The van der Waals surface area contributed by atoms with Gasteiger partial charge >= 0.3 is 0 Å². The van der Waals surface area contributed by atoms with Crippen LogP contribution < -0.4 is 5.32 Å². The van der Waals surface area contributed by atoms with E-state index < -0.39 is 0 Å². The molecule has 1 atom stereocenters. The van der Waals surface area contributed by atoms with Gasteiger partial charge in [-0.05, 0) is 31.5 Å². The van der Waals surface area contributed by atoms with Crippen molar-refractivity contribution in [2.45, 2.75) is 19.4 Å². The van der Waals surface area contributed by atoms with E-state index in [1.807, 2.05) is 11.0 Å². The summed E-state index contributed by atoms with van der Waals surface area (Å²) >= 11 is 0. The maximum absolute atomic E-state index is 12.6. The standard InChI is InChI=1S/C17H25N3O4/c21-16(18-11-15-4-2-8-24-15)13-19-5-1-3-14(12-19)17(22)20-6-9-23-10-7-20/h2,4,8,14H,1,3,5-7,9-13H2,(H,18,21)/t14-/m0/s1. The molecule has 0 aromatic carbocycles. The minimum absolute atomic E-state index is 0.00489. The van der Waals surface area contributed by atoms with Crippen LogP contribution in [-0.4, -0.2) is 67.6 Å². The van der Waals surface area contributed by atoms with E-state index in [4.69, 9.17) is 9.15 Å². The lowest BCUT2D eigenvalue weighted by Gasteiger charge is -2.35.